The van der Waals surface area contributed by atoms with Crippen LogP contribution in [0.15, 0.2) is 0 Å². The number of hydrogen-bond acceptors (Lipinski definition) is 6. The zero-order valence-corrected chi connectivity index (χ0v) is 7.34. The van der Waals surface area contributed by atoms with Gasteiger partial charge in [0.05, 0.1) is 0 Å². The average molecular weight is 191 g/mol. The van der Waals surface area contributed by atoms with Crippen molar-refractivity contribution in [3.63, 3.8) is 0 Å². The lowest BCUT2D eigenvalue weighted by molar-refractivity contribution is -0.481. The molecule has 0 spiro atoms. The first-order chi connectivity index (χ1) is 6.29. The summed E-state index contributed by atoms with van der Waals surface area (Å²) in [6.07, 6.45) is -0.969. The van der Waals surface area contributed by atoms with Crippen LogP contribution in [-0.2, 0) is 29.6 Å². The summed E-state index contributed by atoms with van der Waals surface area (Å²) in [7, 11) is 0. The minimum Gasteiger partial charge on any atom is -0.200 e. The molecule has 0 N–H and O–H groups in total. The zero-order valence-electron chi connectivity index (χ0n) is 7.34. The van der Waals surface area contributed by atoms with Crippen molar-refractivity contribution in [1.82, 2.24) is 0 Å². The molecular formula is C7H11O6. The molecule has 0 aromatic carbocycles. The second kappa shape index (κ2) is 3.87. The van der Waals surface area contributed by atoms with E-state index < -0.39 is 6.10 Å². The molecule has 0 aromatic heterocycles. The largest absolute Gasteiger partial charge is 0.200 e. The third-order valence-electron chi connectivity index (χ3n) is 1.98. The number of rotatable bonds is 2. The minimum atomic E-state index is -0.421. The maximum Gasteiger partial charge on any atom is 0.160 e. The van der Waals surface area contributed by atoms with E-state index in [0.717, 1.165) is 0 Å². The number of hydrogen-bond donors (Lipinski definition) is 0. The summed E-state index contributed by atoms with van der Waals surface area (Å²) in [5, 5.41) is 8.68. The maximum atomic E-state index is 4.91. The molecule has 2 fully saturated rings. The highest BCUT2D eigenvalue weighted by Crippen LogP contribution is 2.28. The molecule has 0 aliphatic carbocycles. The third-order valence-corrected chi connectivity index (χ3v) is 1.98. The molecule has 1 radical (unpaired) electrons. The van der Waals surface area contributed by atoms with Gasteiger partial charge in [-0.25, -0.2) is 0 Å². The molecule has 0 aromatic rings. The molecule has 2 aliphatic rings. The fourth-order valence-corrected chi connectivity index (χ4v) is 1.26. The third kappa shape index (κ3) is 1.83. The van der Waals surface area contributed by atoms with Crippen LogP contribution in [0.5, 0.6) is 0 Å². The first-order valence-corrected chi connectivity index (χ1v) is 4.10. The molecule has 2 heterocycles. The smallest absolute Gasteiger partial charge is 0.160 e. The Morgan fingerprint density at radius 1 is 1.08 bits per heavy atom. The van der Waals surface area contributed by atoms with Crippen LogP contribution in [0.3, 0.4) is 0 Å². The summed E-state index contributed by atoms with van der Waals surface area (Å²) in [5.74, 6) is 0.255. The standard InChI is InChI=1S/C7H11O6/c1-4(2)6-7(11-13-10-6)5-3-8-12-9-5/h3-7H,1-2H3. The van der Waals surface area contributed by atoms with Crippen LogP contribution in [0.4, 0.5) is 0 Å². The van der Waals surface area contributed by atoms with E-state index in [1.54, 1.807) is 0 Å². The van der Waals surface area contributed by atoms with Gasteiger partial charge >= 0.3 is 0 Å². The van der Waals surface area contributed by atoms with Gasteiger partial charge in [-0.1, -0.05) is 23.9 Å². The summed E-state index contributed by atoms with van der Waals surface area (Å²) in [5.41, 5.74) is 0. The van der Waals surface area contributed by atoms with E-state index in [1.165, 1.54) is 6.61 Å². The van der Waals surface area contributed by atoms with E-state index in [4.69, 9.17) is 14.7 Å². The second-order valence-electron chi connectivity index (χ2n) is 3.29. The molecule has 0 bridgehead atoms. The Bertz CT molecular complexity index is 166. The van der Waals surface area contributed by atoms with Gasteiger partial charge in [0, 0.05) is 0 Å². The molecule has 0 saturated carbocycles. The van der Waals surface area contributed by atoms with Crippen LogP contribution in [0.1, 0.15) is 13.8 Å². The minimum absolute atomic E-state index is 0.188. The summed E-state index contributed by atoms with van der Waals surface area (Å²) in [6.45, 7) is 5.37. The van der Waals surface area contributed by atoms with Gasteiger partial charge < -0.3 is 0 Å². The molecular weight excluding hydrogens is 180 g/mol. The lowest BCUT2D eigenvalue weighted by Crippen LogP contribution is -2.37. The summed E-state index contributed by atoms with van der Waals surface area (Å²) in [4.78, 5) is 19.0. The van der Waals surface area contributed by atoms with Crippen LogP contribution in [-0.4, -0.2) is 18.3 Å². The monoisotopic (exact) mass is 191 g/mol. The second-order valence-corrected chi connectivity index (χ2v) is 3.29. The van der Waals surface area contributed by atoms with Crippen molar-refractivity contribution in [1.29, 1.82) is 0 Å². The van der Waals surface area contributed by atoms with Gasteiger partial charge in [-0.2, -0.15) is 19.6 Å². The van der Waals surface area contributed by atoms with Crippen molar-refractivity contribution in [2.45, 2.75) is 32.2 Å². The predicted molar refractivity (Wildman–Crippen MR) is 37.0 cm³/mol. The van der Waals surface area contributed by atoms with Gasteiger partial charge in [-0.15, -0.1) is 0 Å². The fourth-order valence-electron chi connectivity index (χ4n) is 1.26. The molecule has 13 heavy (non-hydrogen) atoms. The van der Waals surface area contributed by atoms with Crippen molar-refractivity contribution in [3.8, 4) is 0 Å². The highest BCUT2D eigenvalue weighted by atomic mass is 17.6. The Hall–Kier alpha value is -0.240. The van der Waals surface area contributed by atoms with Gasteiger partial charge in [0.2, 0.25) is 0 Å². The fraction of sp³-hybridized carbons (Fsp3) is 0.857. The van der Waals surface area contributed by atoms with Gasteiger partial charge in [-0.05, 0) is 5.92 Å². The summed E-state index contributed by atoms with van der Waals surface area (Å²) in [6, 6.07) is 0. The van der Waals surface area contributed by atoms with Crippen molar-refractivity contribution in [3.05, 3.63) is 6.61 Å². The molecule has 3 unspecified atom stereocenters. The highest BCUT2D eigenvalue weighted by Gasteiger charge is 2.44. The van der Waals surface area contributed by atoms with E-state index in [9.17, 15) is 0 Å². The molecule has 2 rings (SSSR count). The topological polar surface area (TPSA) is 55.4 Å². The SMILES string of the molecule is CC(C)C1OOOC1C1[CH]OOO1. The van der Waals surface area contributed by atoms with Crippen molar-refractivity contribution in [2.75, 3.05) is 0 Å². The van der Waals surface area contributed by atoms with E-state index in [2.05, 4.69) is 15.0 Å². The van der Waals surface area contributed by atoms with Crippen LogP contribution < -0.4 is 0 Å². The van der Waals surface area contributed by atoms with Crippen molar-refractivity contribution >= 4 is 0 Å². The predicted octanol–water partition coefficient (Wildman–Crippen LogP) is 0.697. The van der Waals surface area contributed by atoms with Gasteiger partial charge in [0.25, 0.3) is 0 Å². The van der Waals surface area contributed by atoms with E-state index in [0.29, 0.717) is 0 Å². The molecule has 2 aliphatic heterocycles. The Morgan fingerprint density at radius 2 is 1.92 bits per heavy atom. The molecule has 6 heteroatoms. The van der Waals surface area contributed by atoms with Crippen LogP contribution >= 0.6 is 0 Å². The van der Waals surface area contributed by atoms with Gasteiger partial charge in [0.1, 0.15) is 6.10 Å². The van der Waals surface area contributed by atoms with E-state index in [1.807, 2.05) is 13.8 Å². The normalized spacial score (nSPS) is 40.4. The average Bonchev–Trinajstić information content (AvgIpc) is 2.74. The molecule has 3 atom stereocenters. The van der Waals surface area contributed by atoms with E-state index in [-0.39, 0.29) is 18.1 Å². The lowest BCUT2D eigenvalue weighted by atomic mass is 9.98. The summed E-state index contributed by atoms with van der Waals surface area (Å²) < 4.78 is 0. The van der Waals surface area contributed by atoms with Crippen LogP contribution in [0, 0.1) is 12.5 Å². The molecule has 75 valence electrons. The maximum absolute atomic E-state index is 4.91. The first-order valence-electron chi connectivity index (χ1n) is 4.10. The first kappa shape index (κ1) is 9.32. The molecule has 2 saturated heterocycles. The van der Waals surface area contributed by atoms with Gasteiger partial charge in [-0.3, -0.25) is 0 Å². The van der Waals surface area contributed by atoms with Crippen molar-refractivity contribution in [2.24, 2.45) is 5.92 Å². The quantitative estimate of drug-likeness (QED) is 0.599. The van der Waals surface area contributed by atoms with Crippen LogP contribution in [0.2, 0.25) is 0 Å². The lowest BCUT2D eigenvalue weighted by Gasteiger charge is -2.18. The molecule has 6 nitrogen and oxygen atoms in total. The van der Waals surface area contributed by atoms with Crippen molar-refractivity contribution < 1.29 is 29.6 Å². The summed E-state index contributed by atoms with van der Waals surface area (Å²) >= 11 is 0. The van der Waals surface area contributed by atoms with Gasteiger partial charge in [0.15, 0.2) is 18.8 Å². The Balaban J connectivity index is 1.96. The zero-order chi connectivity index (χ0) is 9.26. The Morgan fingerprint density at radius 3 is 2.54 bits per heavy atom. The van der Waals surface area contributed by atoms with E-state index >= 15 is 0 Å². The Kier molecular flexibility index (Phi) is 2.77. The molecule has 0 amide bonds. The van der Waals surface area contributed by atoms with Crippen LogP contribution in [0.25, 0.3) is 0 Å². The highest BCUT2D eigenvalue weighted by molar-refractivity contribution is 4.86. The Labute approximate surface area is 75.3 Å².